The first kappa shape index (κ1) is 16.3. The number of rotatable bonds is 3. The molecule has 0 saturated carbocycles. The maximum Gasteiger partial charge on any atom is 0.263 e. The third kappa shape index (κ3) is 2.41. The SMILES string of the molecule is Cc1c(C)c(C)c(S(=O)(=O)Nc2ncnc3n[nH]nc23)c(C)c1C. The molecule has 8 nitrogen and oxygen atoms in total. The number of aromatic nitrogens is 5. The fourth-order valence-corrected chi connectivity index (χ4v) is 4.42. The van der Waals surface area contributed by atoms with E-state index in [4.69, 9.17) is 0 Å². The molecule has 3 aromatic rings. The van der Waals surface area contributed by atoms with Crippen LogP contribution >= 0.6 is 0 Å². The van der Waals surface area contributed by atoms with Crippen LogP contribution in [0.2, 0.25) is 0 Å². The molecule has 0 unspecified atom stereocenters. The van der Waals surface area contributed by atoms with Crippen molar-refractivity contribution in [3.8, 4) is 0 Å². The number of fused-ring (bicyclic) bond motifs is 1. The van der Waals surface area contributed by atoms with Gasteiger partial charge < -0.3 is 0 Å². The number of anilines is 1. The van der Waals surface area contributed by atoms with E-state index >= 15 is 0 Å². The van der Waals surface area contributed by atoms with Gasteiger partial charge in [0.15, 0.2) is 11.3 Å². The van der Waals surface area contributed by atoms with Gasteiger partial charge in [-0.1, -0.05) is 0 Å². The zero-order chi connectivity index (χ0) is 17.6. The van der Waals surface area contributed by atoms with Crippen LogP contribution in [-0.4, -0.2) is 33.8 Å². The molecule has 0 bridgehead atoms. The van der Waals surface area contributed by atoms with Crippen LogP contribution in [0.4, 0.5) is 5.82 Å². The summed E-state index contributed by atoms with van der Waals surface area (Å²) in [7, 11) is -3.83. The number of H-pyrrole nitrogens is 1. The van der Waals surface area contributed by atoms with Gasteiger partial charge in [0.05, 0.1) is 4.90 Å². The minimum absolute atomic E-state index is 0.100. The molecule has 0 radical (unpaired) electrons. The Hall–Kier alpha value is -2.55. The average molecular weight is 346 g/mol. The molecule has 0 atom stereocenters. The molecule has 0 fully saturated rings. The van der Waals surface area contributed by atoms with Gasteiger partial charge in [-0.15, -0.1) is 5.10 Å². The monoisotopic (exact) mass is 346 g/mol. The van der Waals surface area contributed by atoms with Crippen molar-refractivity contribution in [3.63, 3.8) is 0 Å². The summed E-state index contributed by atoms with van der Waals surface area (Å²) in [5, 5.41) is 10.2. The predicted molar refractivity (Wildman–Crippen MR) is 90.4 cm³/mol. The molecule has 0 aliphatic carbocycles. The van der Waals surface area contributed by atoms with Crippen molar-refractivity contribution < 1.29 is 8.42 Å². The van der Waals surface area contributed by atoms with Crippen LogP contribution in [0.25, 0.3) is 11.2 Å². The summed E-state index contributed by atoms with van der Waals surface area (Å²) in [6.07, 6.45) is 1.24. The molecule has 0 amide bonds. The zero-order valence-electron chi connectivity index (χ0n) is 14.1. The number of nitrogens with one attached hydrogen (secondary N) is 2. The lowest BCUT2D eigenvalue weighted by atomic mass is 9.95. The lowest BCUT2D eigenvalue weighted by Gasteiger charge is -2.19. The summed E-state index contributed by atoms with van der Waals surface area (Å²) in [6.45, 7) is 9.48. The Kier molecular flexibility index (Phi) is 3.75. The first-order valence-corrected chi connectivity index (χ1v) is 8.83. The van der Waals surface area contributed by atoms with E-state index in [-0.39, 0.29) is 16.2 Å². The molecule has 0 saturated heterocycles. The first-order valence-electron chi connectivity index (χ1n) is 7.35. The molecule has 1 aromatic carbocycles. The second-order valence-electron chi connectivity index (χ2n) is 5.78. The van der Waals surface area contributed by atoms with E-state index in [1.165, 1.54) is 6.33 Å². The van der Waals surface area contributed by atoms with Crippen LogP contribution < -0.4 is 4.72 Å². The molecule has 0 spiro atoms. The van der Waals surface area contributed by atoms with Gasteiger partial charge >= 0.3 is 0 Å². The first-order chi connectivity index (χ1) is 11.2. The lowest BCUT2D eigenvalue weighted by molar-refractivity contribution is 0.599. The lowest BCUT2D eigenvalue weighted by Crippen LogP contribution is -2.18. The average Bonchev–Trinajstić information content (AvgIpc) is 3.00. The van der Waals surface area contributed by atoms with E-state index < -0.39 is 10.0 Å². The number of benzene rings is 1. The molecule has 0 aliphatic heterocycles. The molecular formula is C15H18N6O2S. The van der Waals surface area contributed by atoms with Crippen molar-refractivity contribution in [2.24, 2.45) is 0 Å². The second kappa shape index (κ2) is 5.52. The number of hydrogen-bond acceptors (Lipinski definition) is 6. The standard InChI is InChI=1S/C15H18N6O2S/c1-7-8(2)10(4)13(11(5)9(7)3)24(22,23)20-15-12-14(16-6-17-15)19-21-18-12/h6H,1-5H3,(H2,16,17,18,19,20,21). The van der Waals surface area contributed by atoms with Crippen molar-refractivity contribution in [2.75, 3.05) is 4.72 Å². The molecular weight excluding hydrogens is 328 g/mol. The molecule has 2 aromatic heterocycles. The van der Waals surface area contributed by atoms with Crippen LogP contribution in [0.1, 0.15) is 27.8 Å². The van der Waals surface area contributed by atoms with Gasteiger partial charge in [0.2, 0.25) is 5.65 Å². The maximum atomic E-state index is 13.0. The molecule has 24 heavy (non-hydrogen) atoms. The molecule has 9 heteroatoms. The molecule has 2 heterocycles. The van der Waals surface area contributed by atoms with Crippen molar-refractivity contribution in [1.82, 2.24) is 25.4 Å². The summed E-state index contributed by atoms with van der Waals surface area (Å²) >= 11 is 0. The number of nitrogens with zero attached hydrogens (tertiary/aromatic N) is 4. The van der Waals surface area contributed by atoms with Crippen LogP contribution in [0.5, 0.6) is 0 Å². The number of sulfonamides is 1. The Labute approximate surface area is 139 Å². The Balaban J connectivity index is 2.18. The van der Waals surface area contributed by atoms with E-state index in [0.29, 0.717) is 5.65 Å². The van der Waals surface area contributed by atoms with Crippen LogP contribution in [0, 0.1) is 34.6 Å². The highest BCUT2D eigenvalue weighted by molar-refractivity contribution is 7.92. The molecule has 2 N–H and O–H groups in total. The minimum atomic E-state index is -3.83. The highest BCUT2D eigenvalue weighted by Crippen LogP contribution is 2.31. The fourth-order valence-electron chi connectivity index (χ4n) is 2.80. The van der Waals surface area contributed by atoms with Crippen LogP contribution in [-0.2, 0) is 10.0 Å². The minimum Gasteiger partial charge on any atom is -0.261 e. The van der Waals surface area contributed by atoms with E-state index in [1.54, 1.807) is 0 Å². The van der Waals surface area contributed by atoms with E-state index in [0.717, 1.165) is 27.8 Å². The zero-order valence-corrected chi connectivity index (χ0v) is 14.9. The van der Waals surface area contributed by atoms with Gasteiger partial charge in [-0.25, -0.2) is 18.4 Å². The van der Waals surface area contributed by atoms with Crippen molar-refractivity contribution >= 4 is 27.0 Å². The molecule has 0 aliphatic rings. The van der Waals surface area contributed by atoms with Crippen LogP contribution in [0.15, 0.2) is 11.2 Å². The van der Waals surface area contributed by atoms with Gasteiger partial charge in [0, 0.05) is 0 Å². The topological polar surface area (TPSA) is 114 Å². The Morgan fingerprint density at radius 2 is 1.46 bits per heavy atom. The highest BCUT2D eigenvalue weighted by Gasteiger charge is 2.25. The van der Waals surface area contributed by atoms with E-state index in [9.17, 15) is 8.42 Å². The number of hydrogen-bond donors (Lipinski definition) is 2. The molecule has 3 rings (SSSR count). The third-order valence-electron chi connectivity index (χ3n) is 4.55. The summed E-state index contributed by atoms with van der Waals surface area (Å²) in [4.78, 5) is 8.19. The normalized spacial score (nSPS) is 11.9. The van der Waals surface area contributed by atoms with Gasteiger partial charge in [0.1, 0.15) is 6.33 Å². The highest BCUT2D eigenvalue weighted by atomic mass is 32.2. The van der Waals surface area contributed by atoms with Crippen LogP contribution in [0.3, 0.4) is 0 Å². The Morgan fingerprint density at radius 1 is 0.875 bits per heavy atom. The molecule has 126 valence electrons. The number of aromatic amines is 1. The fraction of sp³-hybridized carbons (Fsp3) is 0.333. The summed E-state index contributed by atoms with van der Waals surface area (Å²) in [5.41, 5.74) is 5.07. The summed E-state index contributed by atoms with van der Waals surface area (Å²) in [6, 6.07) is 0. The Bertz CT molecular complexity index is 1030. The predicted octanol–water partition coefficient (Wildman–Crippen LogP) is 2.09. The largest absolute Gasteiger partial charge is 0.263 e. The van der Waals surface area contributed by atoms with Gasteiger partial charge in [0.25, 0.3) is 10.0 Å². The smallest absolute Gasteiger partial charge is 0.261 e. The Morgan fingerprint density at radius 3 is 2.08 bits per heavy atom. The maximum absolute atomic E-state index is 13.0. The van der Waals surface area contributed by atoms with Crippen molar-refractivity contribution in [2.45, 2.75) is 39.5 Å². The van der Waals surface area contributed by atoms with Gasteiger partial charge in [-0.2, -0.15) is 10.3 Å². The van der Waals surface area contributed by atoms with Gasteiger partial charge in [-0.05, 0) is 62.4 Å². The van der Waals surface area contributed by atoms with Crippen molar-refractivity contribution in [1.29, 1.82) is 0 Å². The third-order valence-corrected chi connectivity index (χ3v) is 6.16. The van der Waals surface area contributed by atoms with Gasteiger partial charge in [-0.3, -0.25) is 4.72 Å². The summed E-state index contributed by atoms with van der Waals surface area (Å²) < 4.78 is 28.5. The van der Waals surface area contributed by atoms with E-state index in [2.05, 4.69) is 30.1 Å². The second-order valence-corrected chi connectivity index (χ2v) is 7.40. The quantitative estimate of drug-likeness (QED) is 0.750. The summed E-state index contributed by atoms with van der Waals surface area (Å²) in [5.74, 6) is 0.100. The van der Waals surface area contributed by atoms with E-state index in [1.807, 2.05) is 34.6 Å². The van der Waals surface area contributed by atoms with Crippen molar-refractivity contribution in [3.05, 3.63) is 34.1 Å².